The number of hydrogen-bond donors (Lipinski definition) is 1. The lowest BCUT2D eigenvalue weighted by Gasteiger charge is -2.36. The van der Waals surface area contributed by atoms with Gasteiger partial charge >= 0.3 is 6.09 Å². The molecule has 3 aromatic rings. The summed E-state index contributed by atoms with van der Waals surface area (Å²) < 4.78 is 12.1. The van der Waals surface area contributed by atoms with E-state index in [2.05, 4.69) is 60.9 Å². The molecular weight excluding hydrogens is 567 g/mol. The van der Waals surface area contributed by atoms with Gasteiger partial charge in [0.1, 0.15) is 11.3 Å². The summed E-state index contributed by atoms with van der Waals surface area (Å²) in [5.74, 6) is 1.38. The highest BCUT2D eigenvalue weighted by Crippen LogP contribution is 2.34. The van der Waals surface area contributed by atoms with E-state index in [1.807, 2.05) is 56.3 Å². The Morgan fingerprint density at radius 3 is 2.64 bits per heavy atom. The Bertz CT molecular complexity index is 1280. The lowest BCUT2D eigenvalue weighted by atomic mass is 10.1. The fourth-order valence-corrected chi connectivity index (χ4v) is 5.13. The zero-order valence-electron chi connectivity index (χ0n) is 20.8. The van der Waals surface area contributed by atoms with Crippen LogP contribution in [-0.2, 0) is 6.54 Å². The number of allylic oxidation sites excluding steroid dienone is 3. The van der Waals surface area contributed by atoms with Gasteiger partial charge in [-0.25, -0.2) is 4.79 Å². The Labute approximate surface area is 225 Å². The molecule has 4 rings (SSSR count). The summed E-state index contributed by atoms with van der Waals surface area (Å²) in [6.45, 7) is 8.29. The van der Waals surface area contributed by atoms with Crippen LogP contribution in [0.1, 0.15) is 19.4 Å². The van der Waals surface area contributed by atoms with Crippen LogP contribution in [0.15, 0.2) is 72.6 Å². The van der Waals surface area contributed by atoms with Crippen LogP contribution in [0.3, 0.4) is 0 Å². The van der Waals surface area contributed by atoms with E-state index in [-0.39, 0.29) is 0 Å². The van der Waals surface area contributed by atoms with Gasteiger partial charge in [0.25, 0.3) is 0 Å². The van der Waals surface area contributed by atoms with Crippen LogP contribution in [-0.4, -0.2) is 49.3 Å². The molecule has 188 valence electrons. The highest BCUT2D eigenvalue weighted by atomic mass is 127. The van der Waals surface area contributed by atoms with Crippen LogP contribution in [0.2, 0.25) is 0 Å². The number of rotatable bonds is 7. The van der Waals surface area contributed by atoms with Gasteiger partial charge in [0.05, 0.1) is 16.4 Å². The first-order valence-corrected chi connectivity index (χ1v) is 13.1. The first-order chi connectivity index (χ1) is 17.5. The molecule has 1 fully saturated rings. The third-order valence-electron chi connectivity index (χ3n) is 6.18. The number of nitrogens with one attached hydrogen (secondary N) is 1. The van der Waals surface area contributed by atoms with Gasteiger partial charge in [0.2, 0.25) is 0 Å². The number of anilines is 1. The number of aromatic nitrogens is 1. The van der Waals surface area contributed by atoms with Crippen molar-refractivity contribution in [1.29, 1.82) is 0 Å². The van der Waals surface area contributed by atoms with Gasteiger partial charge in [-0.2, -0.15) is 0 Å². The van der Waals surface area contributed by atoms with Crippen LogP contribution in [0.25, 0.3) is 10.9 Å². The first kappa shape index (κ1) is 26.0. The molecule has 2 heterocycles. The molecule has 0 spiro atoms. The molecule has 1 saturated heterocycles. The number of nitrogens with zero attached hydrogens (tertiary/aromatic N) is 3. The number of benzene rings is 2. The molecule has 0 bridgehead atoms. The summed E-state index contributed by atoms with van der Waals surface area (Å²) in [6.07, 6.45) is 6.70. The summed E-state index contributed by atoms with van der Waals surface area (Å²) in [5, 5.41) is 3.77. The van der Waals surface area contributed by atoms with Gasteiger partial charge in [-0.3, -0.25) is 15.2 Å². The predicted octanol–water partition coefficient (Wildman–Crippen LogP) is 5.74. The third kappa shape index (κ3) is 5.99. The second kappa shape index (κ2) is 12.2. The second-order valence-corrected chi connectivity index (χ2v) is 9.60. The number of methoxy groups -OCH3 is 1. The lowest BCUT2D eigenvalue weighted by Crippen LogP contribution is -2.46. The largest absolute Gasteiger partial charge is 0.495 e. The average molecular weight is 598 g/mol. The van der Waals surface area contributed by atoms with Crippen LogP contribution in [0.5, 0.6) is 11.5 Å². The van der Waals surface area contributed by atoms with Crippen LogP contribution >= 0.6 is 22.6 Å². The van der Waals surface area contributed by atoms with Crippen molar-refractivity contribution in [3.63, 3.8) is 0 Å². The standard InChI is InChI=1S/C28H31IN4O3/c1-4-9-21(5-2)31-28(34)36-27-23(29)18-20(22-10-8-13-30-26(22)27)19-32-14-16-33(17-15-32)24-11-6-7-12-25(24)35-3/h4-13,18H,14-17,19H2,1-3H3,(H,31,34)/b9-4-,21-5+. The second-order valence-electron chi connectivity index (χ2n) is 8.44. The monoisotopic (exact) mass is 598 g/mol. The van der Waals surface area contributed by atoms with E-state index in [9.17, 15) is 4.79 Å². The van der Waals surface area contributed by atoms with Crippen molar-refractivity contribution < 1.29 is 14.3 Å². The molecule has 1 N–H and O–H groups in total. The number of carbonyl (C=O) groups excluding carboxylic acids is 1. The number of carbonyl (C=O) groups is 1. The summed E-state index contributed by atoms with van der Waals surface area (Å²) in [7, 11) is 1.72. The molecule has 1 aromatic heterocycles. The minimum Gasteiger partial charge on any atom is -0.495 e. The SMILES string of the molecule is C/C=C\C(=C/C)NC(=O)Oc1c(I)cc(CN2CCN(c3ccccc3OC)CC2)c2cccnc12. The van der Waals surface area contributed by atoms with Gasteiger partial charge in [-0.15, -0.1) is 0 Å². The number of pyridine rings is 1. The van der Waals surface area contributed by atoms with Gasteiger partial charge in [-0.05, 0) is 72.3 Å². The van der Waals surface area contributed by atoms with Gasteiger partial charge in [0.15, 0.2) is 5.75 Å². The Kier molecular flexibility index (Phi) is 8.82. The smallest absolute Gasteiger partial charge is 0.417 e. The minimum absolute atomic E-state index is 0.476. The van der Waals surface area contributed by atoms with E-state index in [1.54, 1.807) is 13.3 Å². The zero-order chi connectivity index (χ0) is 25.5. The topological polar surface area (TPSA) is 66.9 Å². The maximum atomic E-state index is 12.6. The van der Waals surface area contributed by atoms with Crippen molar-refractivity contribution in [1.82, 2.24) is 15.2 Å². The van der Waals surface area contributed by atoms with E-state index < -0.39 is 6.09 Å². The molecule has 0 radical (unpaired) electrons. The minimum atomic E-state index is -0.536. The molecule has 0 unspecified atom stereocenters. The Hall–Kier alpha value is -3.11. The molecule has 0 atom stereocenters. The summed E-state index contributed by atoms with van der Waals surface area (Å²) in [5.41, 5.74) is 3.68. The highest BCUT2D eigenvalue weighted by Gasteiger charge is 2.22. The molecule has 2 aromatic carbocycles. The van der Waals surface area contributed by atoms with Gasteiger partial charge in [0, 0.05) is 50.0 Å². The summed E-state index contributed by atoms with van der Waals surface area (Å²) in [4.78, 5) is 22.0. The first-order valence-electron chi connectivity index (χ1n) is 12.0. The predicted molar refractivity (Wildman–Crippen MR) is 153 cm³/mol. The summed E-state index contributed by atoms with van der Waals surface area (Å²) >= 11 is 2.23. The fraction of sp³-hybridized carbons (Fsp3) is 0.286. The molecule has 7 nitrogen and oxygen atoms in total. The Morgan fingerprint density at radius 2 is 1.92 bits per heavy atom. The van der Waals surface area contributed by atoms with E-state index in [0.29, 0.717) is 17.0 Å². The molecule has 8 heteroatoms. The fourth-order valence-electron chi connectivity index (χ4n) is 4.39. The lowest BCUT2D eigenvalue weighted by molar-refractivity contribution is 0.204. The Morgan fingerprint density at radius 1 is 1.14 bits per heavy atom. The highest BCUT2D eigenvalue weighted by molar-refractivity contribution is 14.1. The molecule has 1 aliphatic heterocycles. The zero-order valence-corrected chi connectivity index (χ0v) is 23.0. The van der Waals surface area contributed by atoms with Crippen molar-refractivity contribution >= 4 is 45.3 Å². The van der Waals surface area contributed by atoms with Gasteiger partial charge < -0.3 is 14.4 Å². The molecule has 1 amide bonds. The quantitative estimate of drug-likeness (QED) is 0.277. The molecule has 0 saturated carbocycles. The number of fused-ring (bicyclic) bond motifs is 1. The maximum absolute atomic E-state index is 12.6. The van der Waals surface area contributed by atoms with Crippen molar-refractivity contribution in [3.05, 3.63) is 81.7 Å². The van der Waals surface area contributed by atoms with Crippen LogP contribution < -0.4 is 19.7 Å². The number of piperazine rings is 1. The Balaban J connectivity index is 1.50. The van der Waals surface area contributed by atoms with Crippen molar-refractivity contribution in [2.45, 2.75) is 20.4 Å². The third-order valence-corrected chi connectivity index (χ3v) is 6.98. The molecule has 36 heavy (non-hydrogen) atoms. The van der Waals surface area contributed by atoms with E-state index in [4.69, 9.17) is 9.47 Å². The maximum Gasteiger partial charge on any atom is 0.417 e. The van der Waals surface area contributed by atoms with Gasteiger partial charge in [-0.1, -0.05) is 30.4 Å². The number of hydrogen-bond acceptors (Lipinski definition) is 6. The van der Waals surface area contributed by atoms with Crippen molar-refractivity contribution in [2.75, 3.05) is 38.2 Å². The van der Waals surface area contributed by atoms with E-state index in [1.165, 1.54) is 5.56 Å². The molecular formula is C28H31IN4O3. The van der Waals surface area contributed by atoms with Crippen molar-refractivity contribution in [3.8, 4) is 11.5 Å². The van der Waals surface area contributed by atoms with E-state index >= 15 is 0 Å². The number of ether oxygens (including phenoxy) is 2. The molecule has 0 aliphatic carbocycles. The number of amides is 1. The average Bonchev–Trinajstić information content (AvgIpc) is 2.91. The normalized spacial score (nSPS) is 14.9. The molecule has 1 aliphatic rings. The van der Waals surface area contributed by atoms with Crippen molar-refractivity contribution in [2.24, 2.45) is 0 Å². The number of halogens is 1. The van der Waals surface area contributed by atoms with Crippen LogP contribution in [0, 0.1) is 3.57 Å². The van der Waals surface area contributed by atoms with Crippen LogP contribution in [0.4, 0.5) is 10.5 Å². The summed E-state index contributed by atoms with van der Waals surface area (Å²) in [6, 6.07) is 14.2. The van der Waals surface area contributed by atoms with E-state index in [0.717, 1.165) is 53.1 Å². The number of para-hydroxylation sites is 2.